The van der Waals surface area contributed by atoms with Crippen molar-refractivity contribution in [2.24, 2.45) is 0 Å². The van der Waals surface area contributed by atoms with E-state index < -0.39 is 0 Å². The average Bonchev–Trinajstić information content (AvgIpc) is 2.72. The summed E-state index contributed by atoms with van der Waals surface area (Å²) in [4.78, 5) is 12.2. The van der Waals surface area contributed by atoms with Crippen LogP contribution in [0.2, 0.25) is 0 Å². The summed E-state index contributed by atoms with van der Waals surface area (Å²) in [6, 6.07) is 24.9. The number of nitrogens with one attached hydrogen (secondary N) is 1. The second kappa shape index (κ2) is 8.72. The number of methoxy groups -OCH3 is 1. The van der Waals surface area contributed by atoms with E-state index in [1.54, 1.807) is 7.11 Å². The zero-order chi connectivity index (χ0) is 18.2. The second-order valence-electron chi connectivity index (χ2n) is 5.73. The molecule has 0 saturated carbocycles. The third kappa shape index (κ3) is 4.63. The van der Waals surface area contributed by atoms with Gasteiger partial charge in [-0.25, -0.2) is 0 Å². The molecule has 0 aromatic heterocycles. The van der Waals surface area contributed by atoms with Crippen molar-refractivity contribution in [2.75, 3.05) is 20.3 Å². The van der Waals surface area contributed by atoms with Crippen molar-refractivity contribution in [2.45, 2.75) is 0 Å². The molecule has 0 radical (unpaired) electrons. The lowest BCUT2D eigenvalue weighted by molar-refractivity contribution is 0.0947. The number of hydrogen-bond donors (Lipinski definition) is 1. The second-order valence-corrected chi connectivity index (χ2v) is 5.73. The molecule has 3 aromatic carbocycles. The Labute approximate surface area is 153 Å². The highest BCUT2D eigenvalue weighted by Gasteiger charge is 2.06. The summed E-state index contributed by atoms with van der Waals surface area (Å²) in [6.07, 6.45) is 0. The fourth-order valence-corrected chi connectivity index (χ4v) is 2.57. The number of rotatable bonds is 7. The lowest BCUT2D eigenvalue weighted by atomic mass is 10.0. The topological polar surface area (TPSA) is 47.6 Å². The van der Waals surface area contributed by atoms with Crippen molar-refractivity contribution < 1.29 is 14.3 Å². The molecule has 0 unspecified atom stereocenters. The molecule has 0 aliphatic carbocycles. The molecule has 4 heteroatoms. The van der Waals surface area contributed by atoms with Crippen LogP contribution in [0.25, 0.3) is 11.1 Å². The fourth-order valence-electron chi connectivity index (χ4n) is 2.57. The number of carbonyl (C=O) groups is 1. The van der Waals surface area contributed by atoms with Crippen molar-refractivity contribution in [3.05, 3.63) is 84.4 Å². The van der Waals surface area contributed by atoms with Gasteiger partial charge in [-0.05, 0) is 47.5 Å². The molecule has 0 spiro atoms. The summed E-state index contributed by atoms with van der Waals surface area (Å²) in [6.45, 7) is 0.878. The summed E-state index contributed by atoms with van der Waals surface area (Å²) in [5.74, 6) is 1.49. The number of benzene rings is 3. The van der Waals surface area contributed by atoms with E-state index in [1.165, 1.54) is 0 Å². The minimum Gasteiger partial charge on any atom is -0.497 e. The van der Waals surface area contributed by atoms with Gasteiger partial charge in [0.1, 0.15) is 18.1 Å². The highest BCUT2D eigenvalue weighted by atomic mass is 16.5. The van der Waals surface area contributed by atoms with Gasteiger partial charge in [0.25, 0.3) is 5.91 Å². The monoisotopic (exact) mass is 347 g/mol. The van der Waals surface area contributed by atoms with E-state index in [4.69, 9.17) is 9.47 Å². The number of hydrogen-bond acceptors (Lipinski definition) is 3. The number of amides is 1. The molecular weight excluding hydrogens is 326 g/mol. The minimum atomic E-state index is -0.112. The fraction of sp³-hybridized carbons (Fsp3) is 0.136. The zero-order valence-corrected chi connectivity index (χ0v) is 14.6. The lowest BCUT2D eigenvalue weighted by Gasteiger charge is -2.09. The zero-order valence-electron chi connectivity index (χ0n) is 14.6. The van der Waals surface area contributed by atoms with Gasteiger partial charge in [0.05, 0.1) is 13.7 Å². The molecule has 3 aromatic rings. The number of para-hydroxylation sites is 1. The first-order valence-electron chi connectivity index (χ1n) is 8.47. The maximum Gasteiger partial charge on any atom is 0.251 e. The molecule has 3 rings (SSSR count). The summed E-state index contributed by atoms with van der Waals surface area (Å²) < 4.78 is 10.8. The Hall–Kier alpha value is -3.27. The van der Waals surface area contributed by atoms with Crippen molar-refractivity contribution in [3.63, 3.8) is 0 Å². The van der Waals surface area contributed by atoms with E-state index in [0.29, 0.717) is 18.7 Å². The van der Waals surface area contributed by atoms with Crippen LogP contribution in [0.1, 0.15) is 10.4 Å². The van der Waals surface area contributed by atoms with E-state index in [0.717, 1.165) is 22.6 Å². The SMILES string of the molecule is COc1cccc(-c2ccc(C(=O)NCCOc3ccccc3)cc2)c1. The van der Waals surface area contributed by atoms with Crippen LogP contribution in [0.3, 0.4) is 0 Å². The average molecular weight is 347 g/mol. The Morgan fingerprint density at radius 2 is 1.58 bits per heavy atom. The van der Waals surface area contributed by atoms with Gasteiger partial charge in [0.2, 0.25) is 0 Å². The van der Waals surface area contributed by atoms with Crippen LogP contribution in [-0.2, 0) is 0 Å². The van der Waals surface area contributed by atoms with E-state index in [1.807, 2.05) is 78.9 Å². The van der Waals surface area contributed by atoms with Crippen molar-refractivity contribution in [1.29, 1.82) is 0 Å². The largest absolute Gasteiger partial charge is 0.497 e. The molecule has 0 bridgehead atoms. The summed E-state index contributed by atoms with van der Waals surface area (Å²) in [5, 5.41) is 2.86. The first-order chi connectivity index (χ1) is 12.8. The van der Waals surface area contributed by atoms with Crippen LogP contribution in [0.5, 0.6) is 11.5 Å². The molecule has 0 aliphatic heterocycles. The highest BCUT2D eigenvalue weighted by Crippen LogP contribution is 2.24. The Morgan fingerprint density at radius 1 is 0.846 bits per heavy atom. The van der Waals surface area contributed by atoms with Crippen LogP contribution in [-0.4, -0.2) is 26.2 Å². The lowest BCUT2D eigenvalue weighted by Crippen LogP contribution is -2.28. The van der Waals surface area contributed by atoms with Crippen LogP contribution in [0, 0.1) is 0 Å². The molecule has 0 atom stereocenters. The molecule has 4 nitrogen and oxygen atoms in total. The van der Waals surface area contributed by atoms with Crippen LogP contribution in [0.15, 0.2) is 78.9 Å². The van der Waals surface area contributed by atoms with E-state index in [-0.39, 0.29) is 5.91 Å². The maximum absolute atomic E-state index is 12.2. The van der Waals surface area contributed by atoms with Gasteiger partial charge in [-0.15, -0.1) is 0 Å². The first-order valence-corrected chi connectivity index (χ1v) is 8.47. The van der Waals surface area contributed by atoms with E-state index >= 15 is 0 Å². The van der Waals surface area contributed by atoms with Gasteiger partial charge in [-0.2, -0.15) is 0 Å². The Balaban J connectivity index is 1.53. The third-order valence-corrected chi connectivity index (χ3v) is 3.95. The van der Waals surface area contributed by atoms with Crippen LogP contribution in [0.4, 0.5) is 0 Å². The van der Waals surface area contributed by atoms with Crippen LogP contribution >= 0.6 is 0 Å². The number of ether oxygens (including phenoxy) is 2. The summed E-state index contributed by atoms with van der Waals surface area (Å²) >= 11 is 0. The van der Waals surface area contributed by atoms with Gasteiger partial charge in [-0.1, -0.05) is 42.5 Å². The molecule has 26 heavy (non-hydrogen) atoms. The standard InChI is InChI=1S/C22H21NO3/c1-25-21-9-5-6-19(16-21)17-10-12-18(13-11-17)22(24)23-14-15-26-20-7-3-2-4-8-20/h2-13,16H,14-15H2,1H3,(H,23,24). The molecule has 132 valence electrons. The molecule has 0 fully saturated rings. The van der Waals surface area contributed by atoms with Gasteiger partial charge in [0, 0.05) is 5.56 Å². The van der Waals surface area contributed by atoms with Crippen molar-refractivity contribution in [3.8, 4) is 22.6 Å². The quantitative estimate of drug-likeness (QED) is 0.653. The maximum atomic E-state index is 12.2. The Kier molecular flexibility index (Phi) is 5.88. The minimum absolute atomic E-state index is 0.112. The van der Waals surface area contributed by atoms with Crippen molar-refractivity contribution >= 4 is 5.91 Å². The summed E-state index contributed by atoms with van der Waals surface area (Å²) in [7, 11) is 1.65. The third-order valence-electron chi connectivity index (χ3n) is 3.95. The smallest absolute Gasteiger partial charge is 0.251 e. The van der Waals surface area contributed by atoms with Gasteiger partial charge in [-0.3, -0.25) is 4.79 Å². The normalized spacial score (nSPS) is 10.2. The Bertz CT molecular complexity index is 845. The highest BCUT2D eigenvalue weighted by molar-refractivity contribution is 5.94. The van der Waals surface area contributed by atoms with Gasteiger partial charge in [0.15, 0.2) is 0 Å². The van der Waals surface area contributed by atoms with E-state index in [9.17, 15) is 4.79 Å². The first kappa shape index (κ1) is 17.5. The number of carbonyl (C=O) groups excluding carboxylic acids is 1. The predicted octanol–water partition coefficient (Wildman–Crippen LogP) is 4.17. The molecular formula is C22H21NO3. The molecule has 0 aliphatic rings. The van der Waals surface area contributed by atoms with E-state index in [2.05, 4.69) is 5.32 Å². The van der Waals surface area contributed by atoms with Crippen molar-refractivity contribution in [1.82, 2.24) is 5.32 Å². The van der Waals surface area contributed by atoms with Crippen LogP contribution < -0.4 is 14.8 Å². The Morgan fingerprint density at radius 3 is 2.31 bits per heavy atom. The summed E-state index contributed by atoms with van der Waals surface area (Å²) in [5.41, 5.74) is 2.71. The predicted molar refractivity (Wildman–Crippen MR) is 103 cm³/mol. The molecule has 0 saturated heterocycles. The molecule has 0 heterocycles. The molecule has 1 N–H and O–H groups in total. The molecule has 1 amide bonds. The van der Waals surface area contributed by atoms with Gasteiger partial charge < -0.3 is 14.8 Å². The van der Waals surface area contributed by atoms with Gasteiger partial charge >= 0.3 is 0 Å².